The largest absolute Gasteiger partial charge is 0.377 e. The fraction of sp³-hybridized carbons (Fsp3) is 0.478. The van der Waals surface area contributed by atoms with E-state index in [1.807, 2.05) is 30.4 Å². The van der Waals surface area contributed by atoms with Crippen LogP contribution >= 0.6 is 0 Å². The molecule has 0 radical (unpaired) electrons. The van der Waals surface area contributed by atoms with E-state index in [4.69, 9.17) is 5.73 Å². The van der Waals surface area contributed by atoms with Gasteiger partial charge in [-0.05, 0) is 31.7 Å². The number of fused-ring (bicyclic) bond motifs is 1. The predicted molar refractivity (Wildman–Crippen MR) is 119 cm³/mol. The van der Waals surface area contributed by atoms with Crippen molar-refractivity contribution in [3.63, 3.8) is 0 Å². The Bertz CT molecular complexity index is 1230. The van der Waals surface area contributed by atoms with Crippen molar-refractivity contribution in [3.8, 4) is 11.1 Å². The van der Waals surface area contributed by atoms with Gasteiger partial charge in [0.05, 0.1) is 35.2 Å². The van der Waals surface area contributed by atoms with E-state index in [-0.39, 0.29) is 23.3 Å². The number of carbonyl (C=O) groups excluding carboxylic acids is 2. The maximum atomic E-state index is 12.8. The van der Waals surface area contributed by atoms with Crippen LogP contribution in [0.2, 0.25) is 0 Å². The molecule has 0 bridgehead atoms. The number of aryl methyl sites for hydroxylation is 1. The standard InChI is InChI=1S/C23H27N7O2/c1-28-10-16(8-25-28)15-7-18-20(17(21(24)31)9-26-30(18)11-15)27-19-12-29(22(32)14-3-4-14)13-23(19)5-2-6-23/h7-11,14,19,27H,2-6,12-13H2,1H3,(H2,24,31). The average molecular weight is 434 g/mol. The zero-order valence-corrected chi connectivity index (χ0v) is 18.1. The molecular formula is C23H27N7O2. The molecule has 0 aromatic carbocycles. The Kier molecular flexibility index (Phi) is 4.12. The highest BCUT2D eigenvalue weighted by atomic mass is 16.2. The fourth-order valence-electron chi connectivity index (χ4n) is 5.36. The molecule has 3 aliphatic rings. The Hall–Kier alpha value is -3.36. The molecule has 9 nitrogen and oxygen atoms in total. The van der Waals surface area contributed by atoms with Crippen LogP contribution in [0.1, 0.15) is 42.5 Å². The summed E-state index contributed by atoms with van der Waals surface area (Å²) in [7, 11) is 1.88. The molecule has 1 aliphatic heterocycles. The van der Waals surface area contributed by atoms with Crippen molar-refractivity contribution in [3.05, 3.63) is 36.4 Å². The second-order valence-corrected chi connectivity index (χ2v) is 9.66. The molecule has 1 saturated heterocycles. The van der Waals surface area contributed by atoms with Crippen LogP contribution in [-0.2, 0) is 11.8 Å². The van der Waals surface area contributed by atoms with Crippen LogP contribution in [0, 0.1) is 11.3 Å². The number of carbonyl (C=O) groups is 2. The van der Waals surface area contributed by atoms with E-state index in [2.05, 4.69) is 15.5 Å². The number of primary amides is 1. The molecule has 4 heterocycles. The summed E-state index contributed by atoms with van der Waals surface area (Å²) in [4.78, 5) is 27.1. The summed E-state index contributed by atoms with van der Waals surface area (Å²) in [6.07, 6.45) is 12.6. The van der Waals surface area contributed by atoms with Gasteiger partial charge in [0.15, 0.2) is 0 Å². The van der Waals surface area contributed by atoms with Crippen molar-refractivity contribution in [1.82, 2.24) is 24.3 Å². The van der Waals surface area contributed by atoms with E-state index in [9.17, 15) is 9.59 Å². The fourth-order valence-corrected chi connectivity index (χ4v) is 5.36. The quantitative estimate of drug-likeness (QED) is 0.640. The Morgan fingerprint density at radius 3 is 2.59 bits per heavy atom. The van der Waals surface area contributed by atoms with Crippen LogP contribution in [0.25, 0.3) is 16.6 Å². The SMILES string of the molecule is Cn1cc(-c2cc3c(NC4CN(C(=O)C5CC5)CC45CCC5)c(C(N)=O)cnn3c2)cn1. The Morgan fingerprint density at radius 2 is 1.97 bits per heavy atom. The van der Waals surface area contributed by atoms with Crippen LogP contribution in [-0.4, -0.2) is 55.2 Å². The summed E-state index contributed by atoms with van der Waals surface area (Å²) in [5, 5.41) is 12.3. The maximum Gasteiger partial charge on any atom is 0.252 e. The molecule has 3 N–H and O–H groups in total. The van der Waals surface area contributed by atoms with Gasteiger partial charge in [-0.3, -0.25) is 14.3 Å². The van der Waals surface area contributed by atoms with Gasteiger partial charge in [0.2, 0.25) is 5.91 Å². The summed E-state index contributed by atoms with van der Waals surface area (Å²) in [6.45, 7) is 1.47. The molecule has 3 aromatic rings. The second-order valence-electron chi connectivity index (χ2n) is 9.66. The van der Waals surface area contributed by atoms with Crippen molar-refractivity contribution < 1.29 is 9.59 Å². The van der Waals surface area contributed by atoms with Gasteiger partial charge in [-0.2, -0.15) is 10.2 Å². The third-order valence-electron chi connectivity index (χ3n) is 7.49. The minimum absolute atomic E-state index is 0.0680. The number of nitrogens with one attached hydrogen (secondary N) is 1. The summed E-state index contributed by atoms with van der Waals surface area (Å²) in [5.41, 5.74) is 9.60. The van der Waals surface area contributed by atoms with Gasteiger partial charge in [0, 0.05) is 55.0 Å². The highest BCUT2D eigenvalue weighted by Gasteiger charge is 2.53. The van der Waals surface area contributed by atoms with Gasteiger partial charge in [0.25, 0.3) is 5.91 Å². The van der Waals surface area contributed by atoms with Crippen LogP contribution < -0.4 is 11.1 Å². The van der Waals surface area contributed by atoms with Crippen molar-refractivity contribution in [2.24, 2.45) is 24.1 Å². The van der Waals surface area contributed by atoms with E-state index in [1.54, 1.807) is 15.4 Å². The Balaban J connectivity index is 1.39. The lowest BCUT2D eigenvalue weighted by atomic mass is 9.65. The Morgan fingerprint density at radius 1 is 1.16 bits per heavy atom. The highest BCUT2D eigenvalue weighted by molar-refractivity contribution is 6.02. The first kappa shape index (κ1) is 19.3. The van der Waals surface area contributed by atoms with E-state index in [0.29, 0.717) is 17.8 Å². The van der Waals surface area contributed by atoms with Crippen molar-refractivity contribution in [2.45, 2.75) is 38.1 Å². The van der Waals surface area contributed by atoms with Crippen molar-refractivity contribution in [2.75, 3.05) is 18.4 Å². The number of nitrogens with zero attached hydrogens (tertiary/aromatic N) is 5. The van der Waals surface area contributed by atoms with Crippen LogP contribution in [0.15, 0.2) is 30.9 Å². The minimum atomic E-state index is -0.516. The summed E-state index contributed by atoms with van der Waals surface area (Å²) in [5.74, 6) is -0.0114. The van der Waals surface area contributed by atoms with Crippen LogP contribution in [0.3, 0.4) is 0 Å². The third-order valence-corrected chi connectivity index (χ3v) is 7.49. The van der Waals surface area contributed by atoms with E-state index >= 15 is 0 Å². The average Bonchev–Trinajstić information content (AvgIpc) is 3.16. The third kappa shape index (κ3) is 2.98. The van der Waals surface area contributed by atoms with E-state index in [0.717, 1.165) is 48.9 Å². The molecule has 1 spiro atoms. The lowest BCUT2D eigenvalue weighted by molar-refractivity contribution is -0.132. The molecule has 3 fully saturated rings. The monoisotopic (exact) mass is 433 g/mol. The van der Waals surface area contributed by atoms with Gasteiger partial charge in [-0.25, -0.2) is 4.52 Å². The number of likely N-dealkylation sites (tertiary alicyclic amines) is 1. The minimum Gasteiger partial charge on any atom is -0.377 e. The topological polar surface area (TPSA) is 111 Å². The maximum absolute atomic E-state index is 12.8. The molecule has 2 aliphatic carbocycles. The number of rotatable bonds is 5. The number of hydrogen-bond donors (Lipinski definition) is 2. The molecule has 1 unspecified atom stereocenters. The van der Waals surface area contributed by atoms with Gasteiger partial charge >= 0.3 is 0 Å². The zero-order chi connectivity index (χ0) is 22.0. The van der Waals surface area contributed by atoms with Gasteiger partial charge in [-0.1, -0.05) is 6.42 Å². The lowest BCUT2D eigenvalue weighted by Gasteiger charge is -2.43. The first-order chi connectivity index (χ1) is 15.4. The molecule has 3 aromatic heterocycles. The number of anilines is 1. The van der Waals surface area contributed by atoms with Crippen molar-refractivity contribution in [1.29, 1.82) is 0 Å². The van der Waals surface area contributed by atoms with Crippen molar-refractivity contribution >= 4 is 23.0 Å². The molecule has 6 rings (SSSR count). The number of amides is 2. The summed E-state index contributed by atoms with van der Waals surface area (Å²) >= 11 is 0. The normalized spacial score (nSPS) is 21.8. The smallest absolute Gasteiger partial charge is 0.252 e. The van der Waals surface area contributed by atoms with Gasteiger partial charge in [0.1, 0.15) is 0 Å². The Labute approximate surface area is 185 Å². The predicted octanol–water partition coefficient (Wildman–Crippen LogP) is 2.04. The summed E-state index contributed by atoms with van der Waals surface area (Å²) < 4.78 is 3.52. The summed E-state index contributed by atoms with van der Waals surface area (Å²) in [6, 6.07) is 2.09. The molecular weight excluding hydrogens is 406 g/mol. The molecule has 2 amide bonds. The first-order valence-corrected chi connectivity index (χ1v) is 11.3. The molecule has 1 atom stereocenters. The number of aromatic nitrogens is 4. The lowest BCUT2D eigenvalue weighted by Crippen LogP contribution is -2.45. The molecule has 166 valence electrons. The van der Waals surface area contributed by atoms with E-state index < -0.39 is 5.91 Å². The number of hydrogen-bond acceptors (Lipinski definition) is 5. The van der Waals surface area contributed by atoms with Gasteiger partial charge < -0.3 is 16.0 Å². The second kappa shape index (κ2) is 6.82. The van der Waals surface area contributed by atoms with E-state index in [1.165, 1.54) is 12.6 Å². The molecule has 9 heteroatoms. The highest BCUT2D eigenvalue weighted by Crippen LogP contribution is 2.50. The number of nitrogens with two attached hydrogens (primary N) is 1. The molecule has 2 saturated carbocycles. The van der Waals surface area contributed by atoms with Crippen LogP contribution in [0.4, 0.5) is 5.69 Å². The van der Waals surface area contributed by atoms with Gasteiger partial charge in [-0.15, -0.1) is 0 Å². The molecule has 32 heavy (non-hydrogen) atoms. The zero-order valence-electron chi connectivity index (χ0n) is 18.1. The first-order valence-electron chi connectivity index (χ1n) is 11.3. The van der Waals surface area contributed by atoms with Crippen LogP contribution in [0.5, 0.6) is 0 Å².